The van der Waals surface area contributed by atoms with Gasteiger partial charge in [-0.2, -0.15) is 0 Å². The lowest BCUT2D eigenvalue weighted by Gasteiger charge is -2.35. The first-order valence-corrected chi connectivity index (χ1v) is 7.45. The summed E-state index contributed by atoms with van der Waals surface area (Å²) in [4.78, 5) is 24.0. The predicted octanol–water partition coefficient (Wildman–Crippen LogP) is -1.52. The lowest BCUT2D eigenvalue weighted by atomic mass is 9.96. The van der Waals surface area contributed by atoms with Gasteiger partial charge in [0.15, 0.2) is 15.9 Å². The maximum atomic E-state index is 12.5. The Morgan fingerprint density at radius 2 is 2.30 bits per heavy atom. The fourth-order valence-electron chi connectivity index (χ4n) is 2.93. The molecule has 2 aliphatic rings. The third-order valence-corrected chi connectivity index (χ3v) is 6.76. The van der Waals surface area contributed by atoms with Gasteiger partial charge >= 0.3 is 5.97 Å². The molecule has 20 heavy (non-hydrogen) atoms. The number of hydrogen-bond donors (Lipinski definition) is 1. The smallest absolute Gasteiger partial charge is 0.328 e. The Balaban J connectivity index is 2.10. The number of carbonyl (C=O) groups excluding carboxylic acids is 1. The molecule has 108 valence electrons. The summed E-state index contributed by atoms with van der Waals surface area (Å²) in [6, 6.07) is -1.40. The van der Waals surface area contributed by atoms with E-state index in [-0.39, 0.29) is 13.0 Å². The third-order valence-electron chi connectivity index (χ3n) is 3.99. The summed E-state index contributed by atoms with van der Waals surface area (Å²) in [5.74, 6) is -1.78. The number of sulfone groups is 1. The van der Waals surface area contributed by atoms with Gasteiger partial charge in [-0.3, -0.25) is 9.48 Å². The van der Waals surface area contributed by atoms with E-state index in [1.54, 1.807) is 0 Å². The molecule has 1 N–H and O–H groups in total. The van der Waals surface area contributed by atoms with Crippen molar-refractivity contribution in [3.05, 3.63) is 12.4 Å². The van der Waals surface area contributed by atoms with Crippen LogP contribution < -0.4 is 0 Å². The monoisotopic (exact) mass is 300 g/mol. The fraction of sp³-hybridized carbons (Fsp3) is 0.600. The zero-order valence-corrected chi connectivity index (χ0v) is 11.3. The van der Waals surface area contributed by atoms with Crippen molar-refractivity contribution < 1.29 is 23.1 Å². The Morgan fingerprint density at radius 1 is 1.60 bits per heavy atom. The molecule has 3 heterocycles. The van der Waals surface area contributed by atoms with Crippen LogP contribution in [0.2, 0.25) is 0 Å². The predicted molar refractivity (Wildman–Crippen MR) is 64.0 cm³/mol. The summed E-state index contributed by atoms with van der Waals surface area (Å²) >= 11 is 0. The van der Waals surface area contributed by atoms with Crippen molar-refractivity contribution in [2.45, 2.75) is 36.1 Å². The average Bonchev–Trinajstić information content (AvgIpc) is 2.87. The van der Waals surface area contributed by atoms with Crippen molar-refractivity contribution in [2.75, 3.05) is 0 Å². The van der Waals surface area contributed by atoms with Gasteiger partial charge in [0.25, 0.3) is 0 Å². The summed E-state index contributed by atoms with van der Waals surface area (Å²) in [6.07, 6.45) is 2.68. The van der Waals surface area contributed by atoms with Gasteiger partial charge in [0.1, 0.15) is 10.1 Å². The number of nitrogens with zero attached hydrogens (tertiary/aromatic N) is 4. The Labute approximate surface area is 114 Å². The zero-order chi connectivity index (χ0) is 14.7. The number of fused-ring (bicyclic) bond motifs is 1. The number of carbonyl (C=O) groups is 2. The third kappa shape index (κ3) is 1.39. The van der Waals surface area contributed by atoms with Gasteiger partial charge in [-0.15, -0.1) is 5.10 Å². The summed E-state index contributed by atoms with van der Waals surface area (Å²) in [5.41, 5.74) is 0. The first-order chi connectivity index (χ1) is 9.29. The minimum atomic E-state index is -3.80. The minimum absolute atomic E-state index is 0.154. The Kier molecular flexibility index (Phi) is 2.46. The van der Waals surface area contributed by atoms with Crippen LogP contribution in [0.15, 0.2) is 12.4 Å². The standard InChI is InChI=1S/C10H12N4O5S/c1-10(5-13-3-2-11-12-13)8(9(16)17)14-6(15)4-7(14)20(10,18)19/h2-3,7-8H,4-5H2,1H3,(H,16,17)/t7-,8?,10?/m1/s1. The molecule has 0 bridgehead atoms. The van der Waals surface area contributed by atoms with E-state index < -0.39 is 37.9 Å². The molecule has 3 rings (SSSR count). The maximum absolute atomic E-state index is 12.5. The van der Waals surface area contributed by atoms with E-state index >= 15 is 0 Å². The van der Waals surface area contributed by atoms with Crippen LogP contribution in [0, 0.1) is 0 Å². The molecular weight excluding hydrogens is 288 g/mol. The number of aromatic nitrogens is 3. The van der Waals surface area contributed by atoms with Crippen LogP contribution in [0.4, 0.5) is 0 Å². The van der Waals surface area contributed by atoms with Crippen LogP contribution in [0.3, 0.4) is 0 Å². The molecule has 0 saturated carbocycles. The van der Waals surface area contributed by atoms with Crippen LogP contribution in [-0.2, 0) is 26.0 Å². The van der Waals surface area contributed by atoms with E-state index in [1.165, 1.54) is 24.0 Å². The summed E-state index contributed by atoms with van der Waals surface area (Å²) in [7, 11) is -3.80. The largest absolute Gasteiger partial charge is 0.480 e. The topological polar surface area (TPSA) is 122 Å². The van der Waals surface area contributed by atoms with E-state index in [4.69, 9.17) is 0 Å². The molecule has 2 fully saturated rings. The maximum Gasteiger partial charge on any atom is 0.328 e. The van der Waals surface area contributed by atoms with Crippen molar-refractivity contribution in [1.29, 1.82) is 0 Å². The second-order valence-corrected chi connectivity index (χ2v) is 7.73. The van der Waals surface area contributed by atoms with Gasteiger partial charge in [-0.1, -0.05) is 5.21 Å². The highest BCUT2D eigenvalue weighted by molar-refractivity contribution is 7.93. The Hall–Kier alpha value is -1.97. The highest BCUT2D eigenvalue weighted by Gasteiger charge is 2.70. The molecule has 0 aliphatic carbocycles. The van der Waals surface area contributed by atoms with Gasteiger partial charge in [-0.05, 0) is 6.92 Å². The van der Waals surface area contributed by atoms with Crippen LogP contribution in [0.5, 0.6) is 0 Å². The molecule has 2 unspecified atom stereocenters. The molecule has 0 aromatic carbocycles. The van der Waals surface area contributed by atoms with Gasteiger partial charge in [0, 0.05) is 6.20 Å². The minimum Gasteiger partial charge on any atom is -0.480 e. The van der Waals surface area contributed by atoms with E-state index in [0.717, 1.165) is 4.90 Å². The molecule has 1 aromatic rings. The highest BCUT2D eigenvalue weighted by Crippen LogP contribution is 2.46. The molecule has 2 saturated heterocycles. The van der Waals surface area contributed by atoms with Gasteiger partial charge in [0.05, 0.1) is 19.2 Å². The SMILES string of the molecule is CC1(Cn2ccnn2)C(C(=O)O)N2C(=O)C[C@H]2S1(=O)=O. The second-order valence-electron chi connectivity index (χ2n) is 5.16. The summed E-state index contributed by atoms with van der Waals surface area (Å²) in [5, 5.41) is 15.6. The van der Waals surface area contributed by atoms with E-state index in [2.05, 4.69) is 10.3 Å². The molecule has 9 nitrogen and oxygen atoms in total. The quantitative estimate of drug-likeness (QED) is 0.672. The lowest BCUT2D eigenvalue weighted by molar-refractivity contribution is -0.157. The van der Waals surface area contributed by atoms with Crippen molar-refractivity contribution in [3.63, 3.8) is 0 Å². The van der Waals surface area contributed by atoms with E-state index in [9.17, 15) is 23.1 Å². The molecule has 3 atom stereocenters. The normalized spacial score (nSPS) is 34.6. The van der Waals surface area contributed by atoms with E-state index in [0.29, 0.717) is 0 Å². The van der Waals surface area contributed by atoms with Crippen molar-refractivity contribution in [2.24, 2.45) is 0 Å². The molecule has 1 aromatic heterocycles. The lowest BCUT2D eigenvalue weighted by Crippen LogP contribution is -2.58. The number of carboxylic acids is 1. The molecule has 2 aliphatic heterocycles. The highest BCUT2D eigenvalue weighted by atomic mass is 32.2. The molecule has 10 heteroatoms. The van der Waals surface area contributed by atoms with Crippen LogP contribution in [0.1, 0.15) is 13.3 Å². The number of carboxylic acid groups (broad SMARTS) is 1. The first kappa shape index (κ1) is 13.0. The van der Waals surface area contributed by atoms with Crippen molar-refractivity contribution in [3.8, 4) is 0 Å². The van der Waals surface area contributed by atoms with Gasteiger partial charge in [-0.25, -0.2) is 13.2 Å². The Morgan fingerprint density at radius 3 is 2.80 bits per heavy atom. The Bertz CT molecular complexity index is 685. The van der Waals surface area contributed by atoms with Crippen LogP contribution in [-0.4, -0.2) is 61.5 Å². The number of amides is 1. The summed E-state index contributed by atoms with van der Waals surface area (Å²) < 4.78 is 24.7. The number of rotatable bonds is 3. The first-order valence-electron chi connectivity index (χ1n) is 5.90. The van der Waals surface area contributed by atoms with Crippen LogP contribution in [0.25, 0.3) is 0 Å². The summed E-state index contributed by atoms with van der Waals surface area (Å²) in [6.45, 7) is 1.18. The van der Waals surface area contributed by atoms with Gasteiger partial charge in [0.2, 0.25) is 5.91 Å². The van der Waals surface area contributed by atoms with Crippen molar-refractivity contribution >= 4 is 21.7 Å². The van der Waals surface area contributed by atoms with Gasteiger partial charge < -0.3 is 10.0 Å². The van der Waals surface area contributed by atoms with Crippen LogP contribution >= 0.6 is 0 Å². The molecular formula is C10H12N4O5S. The number of β-lactam (4-membered cyclic amide) rings is 1. The van der Waals surface area contributed by atoms with E-state index in [1.807, 2.05) is 0 Å². The molecule has 0 spiro atoms. The zero-order valence-electron chi connectivity index (χ0n) is 10.5. The fourth-order valence-corrected chi connectivity index (χ4v) is 5.29. The molecule has 1 amide bonds. The average molecular weight is 300 g/mol. The number of aliphatic carboxylic acids is 1. The van der Waals surface area contributed by atoms with Crippen molar-refractivity contribution in [1.82, 2.24) is 19.9 Å². The number of hydrogen-bond acceptors (Lipinski definition) is 6. The molecule has 0 radical (unpaired) electrons. The second kappa shape index (κ2) is 3.78.